The van der Waals surface area contributed by atoms with Crippen molar-refractivity contribution in [2.45, 2.75) is 19.9 Å². The largest absolute Gasteiger partial charge is 0.459 e. The van der Waals surface area contributed by atoms with E-state index in [-0.39, 0.29) is 23.6 Å². The smallest absolute Gasteiger partial charge is 0.287 e. The second-order valence-corrected chi connectivity index (χ2v) is 4.48. The molecule has 2 amide bonds. The van der Waals surface area contributed by atoms with Crippen LogP contribution >= 0.6 is 0 Å². The molecule has 2 N–H and O–H groups in total. The lowest BCUT2D eigenvalue weighted by atomic mass is 10.1. The van der Waals surface area contributed by atoms with Crippen molar-refractivity contribution in [3.05, 3.63) is 54.0 Å². The van der Waals surface area contributed by atoms with Gasteiger partial charge in [0.25, 0.3) is 5.91 Å². The molecule has 0 aliphatic rings. The molecule has 0 aliphatic heterocycles. The average molecular weight is 272 g/mol. The van der Waals surface area contributed by atoms with Gasteiger partial charge in [-0.1, -0.05) is 12.1 Å². The van der Waals surface area contributed by atoms with Crippen molar-refractivity contribution in [3.63, 3.8) is 0 Å². The van der Waals surface area contributed by atoms with Crippen molar-refractivity contribution in [2.24, 2.45) is 0 Å². The molecule has 5 nitrogen and oxygen atoms in total. The topological polar surface area (TPSA) is 71.3 Å². The third-order valence-corrected chi connectivity index (χ3v) is 2.80. The summed E-state index contributed by atoms with van der Waals surface area (Å²) in [6, 6.07) is 10.4. The molecule has 1 atom stereocenters. The van der Waals surface area contributed by atoms with Crippen LogP contribution < -0.4 is 10.6 Å². The molecule has 0 bridgehead atoms. The molecule has 1 heterocycles. The predicted molar refractivity (Wildman–Crippen MR) is 75.3 cm³/mol. The summed E-state index contributed by atoms with van der Waals surface area (Å²) in [6.45, 7) is 3.32. The fraction of sp³-hybridized carbons (Fsp3) is 0.200. The minimum Gasteiger partial charge on any atom is -0.459 e. The SMILES string of the molecule is CC(=O)Nc1cccc(C(C)NC(=O)c2ccco2)c1. The van der Waals surface area contributed by atoms with Gasteiger partial charge in [-0.25, -0.2) is 0 Å². The molecule has 2 rings (SSSR count). The standard InChI is InChI=1S/C15H16N2O3/c1-10(16-15(19)14-7-4-8-20-14)12-5-3-6-13(9-12)17-11(2)18/h3-10H,1-2H3,(H,16,19)(H,17,18). The maximum Gasteiger partial charge on any atom is 0.287 e. The summed E-state index contributed by atoms with van der Waals surface area (Å²) in [5.41, 5.74) is 1.60. The Hall–Kier alpha value is -2.56. The highest BCUT2D eigenvalue weighted by Crippen LogP contribution is 2.18. The lowest BCUT2D eigenvalue weighted by Gasteiger charge is -2.14. The predicted octanol–water partition coefficient (Wildman–Crippen LogP) is 2.73. The average Bonchev–Trinajstić information content (AvgIpc) is 2.92. The zero-order valence-electron chi connectivity index (χ0n) is 11.3. The second kappa shape index (κ2) is 6.06. The molecule has 5 heteroatoms. The summed E-state index contributed by atoms with van der Waals surface area (Å²) in [5.74, 6) is -0.128. The molecule has 0 fully saturated rings. The van der Waals surface area contributed by atoms with Gasteiger partial charge < -0.3 is 15.1 Å². The Labute approximate surface area is 117 Å². The van der Waals surface area contributed by atoms with Gasteiger partial charge >= 0.3 is 0 Å². The van der Waals surface area contributed by atoms with E-state index in [9.17, 15) is 9.59 Å². The van der Waals surface area contributed by atoms with Gasteiger partial charge in [-0.3, -0.25) is 9.59 Å². The van der Waals surface area contributed by atoms with Gasteiger partial charge in [-0.15, -0.1) is 0 Å². The lowest BCUT2D eigenvalue weighted by molar-refractivity contribution is -0.114. The number of furan rings is 1. The third-order valence-electron chi connectivity index (χ3n) is 2.80. The van der Waals surface area contributed by atoms with Crippen molar-refractivity contribution in [1.82, 2.24) is 5.32 Å². The van der Waals surface area contributed by atoms with Crippen LogP contribution in [-0.2, 0) is 4.79 Å². The van der Waals surface area contributed by atoms with Gasteiger partial charge in [0, 0.05) is 12.6 Å². The van der Waals surface area contributed by atoms with Gasteiger partial charge in [0.05, 0.1) is 12.3 Å². The molecular weight excluding hydrogens is 256 g/mol. The van der Waals surface area contributed by atoms with E-state index in [1.165, 1.54) is 13.2 Å². The summed E-state index contributed by atoms with van der Waals surface area (Å²) >= 11 is 0. The van der Waals surface area contributed by atoms with E-state index in [0.29, 0.717) is 5.69 Å². The number of rotatable bonds is 4. The molecule has 2 aromatic rings. The minimum absolute atomic E-state index is 0.130. The Bertz CT molecular complexity index is 605. The molecule has 0 spiro atoms. The molecule has 1 unspecified atom stereocenters. The maximum atomic E-state index is 11.9. The second-order valence-electron chi connectivity index (χ2n) is 4.48. The van der Waals surface area contributed by atoms with Crippen LogP contribution in [0.2, 0.25) is 0 Å². The first-order chi connectivity index (χ1) is 9.56. The van der Waals surface area contributed by atoms with Crippen LogP contribution in [0.5, 0.6) is 0 Å². The number of anilines is 1. The zero-order valence-corrected chi connectivity index (χ0v) is 11.3. The normalized spacial score (nSPS) is 11.7. The summed E-state index contributed by atoms with van der Waals surface area (Å²) in [4.78, 5) is 22.9. The lowest BCUT2D eigenvalue weighted by Crippen LogP contribution is -2.26. The molecule has 0 radical (unpaired) electrons. The quantitative estimate of drug-likeness (QED) is 0.899. The Balaban J connectivity index is 2.07. The highest BCUT2D eigenvalue weighted by atomic mass is 16.3. The molecule has 0 saturated carbocycles. The van der Waals surface area contributed by atoms with Crippen LogP contribution in [-0.4, -0.2) is 11.8 Å². The van der Waals surface area contributed by atoms with E-state index in [4.69, 9.17) is 4.42 Å². The van der Waals surface area contributed by atoms with E-state index in [1.807, 2.05) is 25.1 Å². The van der Waals surface area contributed by atoms with Gasteiger partial charge in [-0.2, -0.15) is 0 Å². The molecule has 104 valence electrons. The van der Waals surface area contributed by atoms with Crippen molar-refractivity contribution < 1.29 is 14.0 Å². The fourth-order valence-electron chi connectivity index (χ4n) is 1.85. The monoisotopic (exact) mass is 272 g/mol. The van der Waals surface area contributed by atoms with Crippen molar-refractivity contribution in [1.29, 1.82) is 0 Å². The van der Waals surface area contributed by atoms with E-state index < -0.39 is 0 Å². The molecule has 0 aliphatic carbocycles. The van der Waals surface area contributed by atoms with Gasteiger partial charge in [0.2, 0.25) is 5.91 Å². The molecule has 0 saturated heterocycles. The fourth-order valence-corrected chi connectivity index (χ4v) is 1.85. The van der Waals surface area contributed by atoms with E-state index in [0.717, 1.165) is 5.56 Å². The first-order valence-corrected chi connectivity index (χ1v) is 6.28. The number of carbonyl (C=O) groups excluding carboxylic acids is 2. The number of hydrogen-bond donors (Lipinski definition) is 2. The maximum absolute atomic E-state index is 11.9. The summed E-state index contributed by atoms with van der Waals surface area (Å²) in [5, 5.41) is 5.54. The minimum atomic E-state index is -0.271. The zero-order chi connectivity index (χ0) is 14.5. The van der Waals surface area contributed by atoms with E-state index >= 15 is 0 Å². The van der Waals surface area contributed by atoms with E-state index in [1.54, 1.807) is 18.2 Å². The van der Waals surface area contributed by atoms with Crippen molar-refractivity contribution in [3.8, 4) is 0 Å². The number of carbonyl (C=O) groups is 2. The Kier molecular flexibility index (Phi) is 4.20. The number of nitrogens with one attached hydrogen (secondary N) is 2. The van der Waals surface area contributed by atoms with Crippen LogP contribution in [0, 0.1) is 0 Å². The molecule has 1 aromatic carbocycles. The van der Waals surface area contributed by atoms with Crippen LogP contribution in [0.1, 0.15) is 36.0 Å². The van der Waals surface area contributed by atoms with Gasteiger partial charge in [-0.05, 0) is 36.8 Å². The Morgan fingerprint density at radius 1 is 1.20 bits per heavy atom. The highest BCUT2D eigenvalue weighted by Gasteiger charge is 2.13. The van der Waals surface area contributed by atoms with Gasteiger partial charge in [0.15, 0.2) is 5.76 Å². The van der Waals surface area contributed by atoms with Crippen LogP contribution in [0.25, 0.3) is 0 Å². The van der Waals surface area contributed by atoms with Crippen molar-refractivity contribution in [2.75, 3.05) is 5.32 Å². The number of amides is 2. The first-order valence-electron chi connectivity index (χ1n) is 6.28. The van der Waals surface area contributed by atoms with Crippen molar-refractivity contribution >= 4 is 17.5 Å². The number of benzene rings is 1. The Morgan fingerprint density at radius 3 is 2.65 bits per heavy atom. The highest BCUT2D eigenvalue weighted by molar-refractivity contribution is 5.91. The summed E-state index contributed by atoms with van der Waals surface area (Å²) < 4.78 is 5.04. The van der Waals surface area contributed by atoms with Crippen LogP contribution in [0.3, 0.4) is 0 Å². The molecule has 20 heavy (non-hydrogen) atoms. The molecule has 1 aromatic heterocycles. The van der Waals surface area contributed by atoms with E-state index in [2.05, 4.69) is 10.6 Å². The summed E-state index contributed by atoms with van der Waals surface area (Å²) in [6.07, 6.45) is 1.46. The molecular formula is C15H16N2O3. The third kappa shape index (κ3) is 3.47. The van der Waals surface area contributed by atoms with Gasteiger partial charge in [0.1, 0.15) is 0 Å². The number of hydrogen-bond acceptors (Lipinski definition) is 3. The van der Waals surface area contributed by atoms with Crippen LogP contribution in [0.15, 0.2) is 47.1 Å². The van der Waals surface area contributed by atoms with Crippen LogP contribution in [0.4, 0.5) is 5.69 Å². The first kappa shape index (κ1) is 13.9. The Morgan fingerprint density at radius 2 is 2.00 bits per heavy atom. The summed E-state index contributed by atoms with van der Waals surface area (Å²) in [7, 11) is 0.